The van der Waals surface area contributed by atoms with Gasteiger partial charge in [0.05, 0.1) is 6.54 Å². The first-order valence-corrected chi connectivity index (χ1v) is 8.45. The average Bonchev–Trinajstić information content (AvgIpc) is 2.55. The van der Waals surface area contributed by atoms with Gasteiger partial charge in [0.1, 0.15) is 12.4 Å². The number of ether oxygens (including phenoxy) is 1. The number of aryl methyl sites for hydroxylation is 1. The van der Waals surface area contributed by atoms with E-state index in [4.69, 9.17) is 27.9 Å². The molecule has 2 aromatic rings. The molecule has 0 saturated heterocycles. The molecule has 2 aromatic carbocycles. The fraction of sp³-hybridized carbons (Fsp3) is 0.278. The summed E-state index contributed by atoms with van der Waals surface area (Å²) in [7, 11) is 0. The Balaban J connectivity index is 1.60. The third-order valence-electron chi connectivity index (χ3n) is 3.37. The van der Waals surface area contributed by atoms with Gasteiger partial charge < -0.3 is 15.4 Å². The van der Waals surface area contributed by atoms with E-state index in [-0.39, 0.29) is 6.03 Å². The van der Waals surface area contributed by atoms with Gasteiger partial charge >= 0.3 is 6.03 Å². The van der Waals surface area contributed by atoms with E-state index in [0.717, 1.165) is 11.3 Å². The molecule has 0 spiro atoms. The molecule has 0 radical (unpaired) electrons. The maximum atomic E-state index is 11.7. The summed E-state index contributed by atoms with van der Waals surface area (Å²) < 4.78 is 5.54. The SMILES string of the molecule is Cc1ccc(OCCNC(=O)NCCc2ccc(Cl)cc2Cl)cc1. The molecule has 0 aliphatic carbocycles. The van der Waals surface area contributed by atoms with E-state index < -0.39 is 0 Å². The standard InChI is InChI=1S/C18H20Cl2N2O2/c1-13-2-6-16(7-3-13)24-11-10-22-18(23)21-9-8-14-4-5-15(19)12-17(14)20/h2-7,12H,8-11H2,1H3,(H2,21,22,23). The first-order valence-electron chi connectivity index (χ1n) is 7.69. The largest absolute Gasteiger partial charge is 0.492 e. The fourth-order valence-corrected chi connectivity index (χ4v) is 2.57. The van der Waals surface area contributed by atoms with Crippen molar-refractivity contribution in [3.8, 4) is 5.75 Å². The summed E-state index contributed by atoms with van der Waals surface area (Å²) in [4.78, 5) is 11.7. The van der Waals surface area contributed by atoms with Crippen molar-refractivity contribution in [1.82, 2.24) is 10.6 Å². The highest BCUT2D eigenvalue weighted by molar-refractivity contribution is 6.35. The van der Waals surface area contributed by atoms with Gasteiger partial charge in [-0.25, -0.2) is 4.79 Å². The summed E-state index contributed by atoms with van der Waals surface area (Å²) in [6.07, 6.45) is 0.642. The summed E-state index contributed by atoms with van der Waals surface area (Å²) in [6, 6.07) is 12.9. The molecule has 0 saturated carbocycles. The quantitative estimate of drug-likeness (QED) is 0.720. The first kappa shape index (κ1) is 18.4. The van der Waals surface area contributed by atoms with E-state index in [1.54, 1.807) is 12.1 Å². The summed E-state index contributed by atoms with van der Waals surface area (Å²) in [5, 5.41) is 6.73. The Labute approximate surface area is 152 Å². The van der Waals surface area contributed by atoms with Crippen molar-refractivity contribution >= 4 is 29.2 Å². The lowest BCUT2D eigenvalue weighted by molar-refractivity contribution is 0.236. The minimum atomic E-state index is -0.229. The third kappa shape index (κ3) is 6.30. The Morgan fingerprint density at radius 3 is 2.46 bits per heavy atom. The molecule has 6 heteroatoms. The Hall–Kier alpha value is -1.91. The number of urea groups is 1. The molecule has 0 aromatic heterocycles. The number of nitrogens with one attached hydrogen (secondary N) is 2. The summed E-state index contributed by atoms with van der Waals surface area (Å²) in [5.41, 5.74) is 2.13. The van der Waals surface area contributed by atoms with Gasteiger partial charge in [0, 0.05) is 16.6 Å². The van der Waals surface area contributed by atoms with Crippen LogP contribution in [0.25, 0.3) is 0 Å². The predicted octanol–water partition coefficient (Wildman–Crippen LogP) is 4.22. The van der Waals surface area contributed by atoms with E-state index in [2.05, 4.69) is 10.6 Å². The Morgan fingerprint density at radius 2 is 1.75 bits per heavy atom. The molecule has 2 N–H and O–H groups in total. The molecule has 0 unspecified atom stereocenters. The second-order valence-electron chi connectivity index (χ2n) is 5.33. The van der Waals surface area contributed by atoms with Crippen molar-refractivity contribution in [3.63, 3.8) is 0 Å². The highest BCUT2D eigenvalue weighted by atomic mass is 35.5. The van der Waals surface area contributed by atoms with Crippen LogP contribution < -0.4 is 15.4 Å². The number of amides is 2. The van der Waals surface area contributed by atoms with Crippen LogP contribution in [-0.2, 0) is 6.42 Å². The molecular formula is C18H20Cl2N2O2. The highest BCUT2D eigenvalue weighted by Gasteiger charge is 2.03. The van der Waals surface area contributed by atoms with Gasteiger partial charge in [-0.3, -0.25) is 0 Å². The Morgan fingerprint density at radius 1 is 1.04 bits per heavy atom. The van der Waals surface area contributed by atoms with E-state index in [0.29, 0.717) is 36.2 Å². The lowest BCUT2D eigenvalue weighted by atomic mass is 10.1. The van der Waals surface area contributed by atoms with Gasteiger partial charge in [-0.1, -0.05) is 47.0 Å². The molecule has 2 rings (SSSR count). The van der Waals surface area contributed by atoms with Crippen molar-refractivity contribution in [2.75, 3.05) is 19.7 Å². The number of rotatable bonds is 7. The molecule has 0 heterocycles. The Kier molecular flexibility index (Phi) is 7.22. The topological polar surface area (TPSA) is 50.4 Å². The van der Waals surface area contributed by atoms with Crippen LogP contribution in [0, 0.1) is 6.92 Å². The molecule has 0 aliphatic rings. The molecule has 128 valence electrons. The maximum absolute atomic E-state index is 11.7. The van der Waals surface area contributed by atoms with E-state index >= 15 is 0 Å². The minimum absolute atomic E-state index is 0.229. The highest BCUT2D eigenvalue weighted by Crippen LogP contribution is 2.21. The van der Waals surface area contributed by atoms with Crippen molar-refractivity contribution in [3.05, 3.63) is 63.6 Å². The minimum Gasteiger partial charge on any atom is -0.492 e. The van der Waals surface area contributed by atoms with Crippen LogP contribution in [-0.4, -0.2) is 25.7 Å². The summed E-state index contributed by atoms with van der Waals surface area (Å²) in [5.74, 6) is 0.792. The molecule has 0 fully saturated rings. The van der Waals surface area contributed by atoms with Crippen molar-refractivity contribution < 1.29 is 9.53 Å². The lowest BCUT2D eigenvalue weighted by Crippen LogP contribution is -2.38. The number of hydrogen-bond donors (Lipinski definition) is 2. The van der Waals surface area contributed by atoms with Crippen LogP contribution in [0.3, 0.4) is 0 Å². The summed E-state index contributed by atoms with van der Waals surface area (Å²) in [6.45, 7) is 3.36. The molecule has 24 heavy (non-hydrogen) atoms. The van der Waals surface area contributed by atoms with Crippen LogP contribution in [0.2, 0.25) is 10.0 Å². The molecule has 0 atom stereocenters. The molecule has 0 bridgehead atoms. The number of hydrogen-bond acceptors (Lipinski definition) is 2. The fourth-order valence-electron chi connectivity index (χ4n) is 2.07. The molecule has 0 aliphatic heterocycles. The van der Waals surface area contributed by atoms with Crippen LogP contribution in [0.5, 0.6) is 5.75 Å². The van der Waals surface area contributed by atoms with Crippen LogP contribution in [0.15, 0.2) is 42.5 Å². The lowest BCUT2D eigenvalue weighted by Gasteiger charge is -2.10. The molecule has 4 nitrogen and oxygen atoms in total. The van der Waals surface area contributed by atoms with Crippen molar-refractivity contribution in [1.29, 1.82) is 0 Å². The second-order valence-corrected chi connectivity index (χ2v) is 6.17. The van der Waals surface area contributed by atoms with Crippen molar-refractivity contribution in [2.24, 2.45) is 0 Å². The van der Waals surface area contributed by atoms with Gasteiger partial charge in [0.15, 0.2) is 0 Å². The van der Waals surface area contributed by atoms with Crippen molar-refractivity contribution in [2.45, 2.75) is 13.3 Å². The first-order chi connectivity index (χ1) is 11.5. The molecule has 2 amide bonds. The van der Waals surface area contributed by atoms with Gasteiger partial charge in [-0.2, -0.15) is 0 Å². The zero-order valence-electron chi connectivity index (χ0n) is 13.4. The average molecular weight is 367 g/mol. The monoisotopic (exact) mass is 366 g/mol. The normalized spacial score (nSPS) is 10.3. The van der Waals surface area contributed by atoms with Gasteiger partial charge in [0.25, 0.3) is 0 Å². The zero-order valence-corrected chi connectivity index (χ0v) is 15.0. The van der Waals surface area contributed by atoms with Gasteiger partial charge in [-0.05, 0) is 43.2 Å². The maximum Gasteiger partial charge on any atom is 0.314 e. The zero-order chi connectivity index (χ0) is 17.4. The number of carbonyl (C=O) groups is 1. The smallest absolute Gasteiger partial charge is 0.314 e. The number of carbonyl (C=O) groups excluding carboxylic acids is 1. The van der Waals surface area contributed by atoms with Crippen LogP contribution >= 0.6 is 23.2 Å². The number of benzene rings is 2. The van der Waals surface area contributed by atoms with E-state index in [1.807, 2.05) is 37.3 Å². The predicted molar refractivity (Wildman–Crippen MR) is 98.2 cm³/mol. The summed E-state index contributed by atoms with van der Waals surface area (Å²) >= 11 is 11.9. The van der Waals surface area contributed by atoms with Gasteiger partial charge in [0.2, 0.25) is 0 Å². The van der Waals surface area contributed by atoms with Crippen LogP contribution in [0.4, 0.5) is 4.79 Å². The van der Waals surface area contributed by atoms with E-state index in [1.165, 1.54) is 5.56 Å². The number of halogens is 2. The third-order valence-corrected chi connectivity index (χ3v) is 3.96. The second kappa shape index (κ2) is 9.40. The van der Waals surface area contributed by atoms with E-state index in [9.17, 15) is 4.79 Å². The van der Waals surface area contributed by atoms with Crippen LogP contribution in [0.1, 0.15) is 11.1 Å². The molecular weight excluding hydrogens is 347 g/mol. The van der Waals surface area contributed by atoms with Gasteiger partial charge in [-0.15, -0.1) is 0 Å². The Bertz CT molecular complexity index is 675.